The van der Waals surface area contributed by atoms with E-state index in [1.807, 2.05) is 30.3 Å². The number of hydrogen-bond donors (Lipinski definition) is 0. The Morgan fingerprint density at radius 1 is 1.33 bits per heavy atom. The number of esters is 1. The van der Waals surface area contributed by atoms with Gasteiger partial charge in [0.25, 0.3) is 0 Å². The van der Waals surface area contributed by atoms with E-state index in [1.165, 1.54) is 4.90 Å². The topological polar surface area (TPSA) is 46.6 Å². The monoisotopic (exact) mass is 291 g/mol. The molecule has 1 aromatic carbocycles. The number of carbonyl (C=O) groups excluding carboxylic acids is 2. The molecule has 1 aliphatic carbocycles. The zero-order valence-corrected chi connectivity index (χ0v) is 12.0. The number of ether oxygens (including phenoxy) is 1. The third kappa shape index (κ3) is 2.20. The third-order valence-electron chi connectivity index (χ3n) is 4.29. The summed E-state index contributed by atoms with van der Waals surface area (Å²) in [6.07, 6.45) is -0.0775. The highest BCUT2D eigenvalue weighted by molar-refractivity contribution is 6.05. The van der Waals surface area contributed by atoms with Gasteiger partial charge in [0.1, 0.15) is 5.67 Å². The quantitative estimate of drug-likeness (QED) is 0.630. The van der Waals surface area contributed by atoms with Crippen LogP contribution in [-0.2, 0) is 20.9 Å². The second kappa shape index (κ2) is 4.83. The first-order chi connectivity index (χ1) is 9.99. The molecule has 1 amide bonds. The molecule has 21 heavy (non-hydrogen) atoms. The number of benzene rings is 1. The Balaban J connectivity index is 1.81. The predicted molar refractivity (Wildman–Crippen MR) is 74.0 cm³/mol. The maximum Gasteiger partial charge on any atom is 0.321 e. The van der Waals surface area contributed by atoms with Crippen LogP contribution in [0.5, 0.6) is 0 Å². The summed E-state index contributed by atoms with van der Waals surface area (Å²) in [6, 6.07) is 9.40. The summed E-state index contributed by atoms with van der Waals surface area (Å²) < 4.78 is 19.5. The van der Waals surface area contributed by atoms with Gasteiger partial charge in [0, 0.05) is 19.4 Å². The van der Waals surface area contributed by atoms with E-state index in [9.17, 15) is 14.0 Å². The minimum absolute atomic E-state index is 0.0387. The lowest BCUT2D eigenvalue weighted by atomic mass is 9.56. The standard InChI is InChI=1S/C16H18FNO3/c1-2-21-14(20)16-9-15(17,10-16)11-18(13(16)19)8-12-6-4-3-5-7-12/h3-7H,2,8-11H2,1H3. The van der Waals surface area contributed by atoms with E-state index < -0.39 is 17.1 Å². The van der Waals surface area contributed by atoms with Gasteiger partial charge in [-0.2, -0.15) is 0 Å². The number of hydrogen-bond acceptors (Lipinski definition) is 3. The third-order valence-corrected chi connectivity index (χ3v) is 4.29. The maximum absolute atomic E-state index is 14.5. The molecule has 0 atom stereocenters. The van der Waals surface area contributed by atoms with Crippen molar-refractivity contribution in [2.24, 2.45) is 5.41 Å². The zero-order valence-electron chi connectivity index (χ0n) is 12.0. The highest BCUT2D eigenvalue weighted by Gasteiger charge is 2.70. The molecule has 2 aliphatic heterocycles. The lowest BCUT2D eigenvalue weighted by Crippen LogP contribution is -2.70. The van der Waals surface area contributed by atoms with Crippen molar-refractivity contribution in [1.82, 2.24) is 4.90 Å². The van der Waals surface area contributed by atoms with Crippen LogP contribution in [-0.4, -0.2) is 35.6 Å². The number of piperidine rings is 2. The Labute approximate surface area is 122 Å². The molecule has 3 fully saturated rings. The molecule has 2 bridgehead atoms. The van der Waals surface area contributed by atoms with Gasteiger partial charge in [-0.25, -0.2) is 4.39 Å². The van der Waals surface area contributed by atoms with Crippen LogP contribution in [0.4, 0.5) is 4.39 Å². The number of halogens is 1. The fraction of sp³-hybridized carbons (Fsp3) is 0.500. The summed E-state index contributed by atoms with van der Waals surface area (Å²) in [5.74, 6) is -0.884. The molecule has 4 nitrogen and oxygen atoms in total. The SMILES string of the molecule is CCOC(=O)C12CC(F)(CN(Cc3ccccc3)C1=O)C2. The van der Waals surface area contributed by atoms with Crippen LogP contribution in [0, 0.1) is 5.41 Å². The zero-order chi connectivity index (χ0) is 15.1. The molecule has 0 unspecified atom stereocenters. The Morgan fingerprint density at radius 2 is 2.00 bits per heavy atom. The van der Waals surface area contributed by atoms with Gasteiger partial charge >= 0.3 is 5.97 Å². The number of fused-ring (bicyclic) bond motifs is 2. The van der Waals surface area contributed by atoms with Gasteiger partial charge in [0.2, 0.25) is 5.91 Å². The van der Waals surface area contributed by atoms with E-state index in [0.717, 1.165) is 5.56 Å². The molecule has 4 rings (SSSR count). The first kappa shape index (κ1) is 14.0. The normalized spacial score (nSPS) is 30.8. The van der Waals surface area contributed by atoms with Crippen LogP contribution < -0.4 is 0 Å². The summed E-state index contributed by atoms with van der Waals surface area (Å²) in [5.41, 5.74) is -1.82. The van der Waals surface area contributed by atoms with Gasteiger partial charge < -0.3 is 9.64 Å². The number of rotatable bonds is 4. The average Bonchev–Trinajstić information content (AvgIpc) is 2.43. The Hall–Kier alpha value is -1.91. The van der Waals surface area contributed by atoms with Crippen LogP contribution in [0.2, 0.25) is 0 Å². The van der Waals surface area contributed by atoms with E-state index in [2.05, 4.69) is 0 Å². The molecule has 2 saturated heterocycles. The Kier molecular flexibility index (Phi) is 3.23. The molecule has 0 spiro atoms. The second-order valence-corrected chi connectivity index (χ2v) is 5.95. The summed E-state index contributed by atoms with van der Waals surface area (Å²) in [6.45, 7) is 2.27. The van der Waals surface area contributed by atoms with E-state index >= 15 is 0 Å². The molecule has 0 radical (unpaired) electrons. The molecule has 112 valence electrons. The first-order valence-electron chi connectivity index (χ1n) is 7.19. The molecule has 1 saturated carbocycles. The molecule has 1 aromatic rings. The van der Waals surface area contributed by atoms with Crippen molar-refractivity contribution in [3.63, 3.8) is 0 Å². The van der Waals surface area contributed by atoms with Crippen molar-refractivity contribution in [2.45, 2.75) is 32.0 Å². The van der Waals surface area contributed by atoms with E-state index in [-0.39, 0.29) is 31.9 Å². The molecule has 0 aromatic heterocycles. The van der Waals surface area contributed by atoms with Crippen LogP contribution in [0.25, 0.3) is 0 Å². The van der Waals surface area contributed by atoms with Gasteiger partial charge in [0.05, 0.1) is 13.2 Å². The predicted octanol–water partition coefficient (Wildman–Crippen LogP) is 2.08. The minimum atomic E-state index is -1.45. The van der Waals surface area contributed by atoms with Crippen molar-refractivity contribution in [3.8, 4) is 0 Å². The summed E-state index contributed by atoms with van der Waals surface area (Å²) >= 11 is 0. The van der Waals surface area contributed by atoms with Crippen LogP contribution in [0.3, 0.4) is 0 Å². The fourth-order valence-corrected chi connectivity index (χ4v) is 3.44. The molecular formula is C16H18FNO3. The van der Waals surface area contributed by atoms with E-state index in [4.69, 9.17) is 4.74 Å². The molecule has 5 heteroatoms. The number of amides is 1. The molecule has 2 heterocycles. The smallest absolute Gasteiger partial charge is 0.321 e. The van der Waals surface area contributed by atoms with Crippen LogP contribution >= 0.6 is 0 Å². The van der Waals surface area contributed by atoms with Crippen molar-refractivity contribution in [3.05, 3.63) is 35.9 Å². The first-order valence-corrected chi connectivity index (χ1v) is 7.19. The molecular weight excluding hydrogens is 273 g/mol. The van der Waals surface area contributed by atoms with Crippen molar-refractivity contribution in [1.29, 1.82) is 0 Å². The Morgan fingerprint density at radius 3 is 2.62 bits per heavy atom. The summed E-state index contributed by atoms with van der Waals surface area (Å²) in [5, 5.41) is 0. The maximum atomic E-state index is 14.5. The van der Waals surface area contributed by atoms with E-state index in [0.29, 0.717) is 6.54 Å². The second-order valence-electron chi connectivity index (χ2n) is 5.95. The van der Waals surface area contributed by atoms with E-state index in [1.54, 1.807) is 6.92 Å². The fourth-order valence-electron chi connectivity index (χ4n) is 3.44. The van der Waals surface area contributed by atoms with Gasteiger partial charge in [-0.05, 0) is 12.5 Å². The number of alkyl halides is 1. The van der Waals surface area contributed by atoms with Gasteiger partial charge in [-0.15, -0.1) is 0 Å². The van der Waals surface area contributed by atoms with Crippen molar-refractivity contribution < 1.29 is 18.7 Å². The summed E-state index contributed by atoms with van der Waals surface area (Å²) in [4.78, 5) is 26.1. The van der Waals surface area contributed by atoms with Crippen molar-refractivity contribution in [2.75, 3.05) is 13.2 Å². The van der Waals surface area contributed by atoms with Crippen molar-refractivity contribution >= 4 is 11.9 Å². The number of nitrogens with zero attached hydrogens (tertiary/aromatic N) is 1. The number of carbonyl (C=O) groups is 2. The Bertz CT molecular complexity index is 566. The lowest BCUT2D eigenvalue weighted by molar-refractivity contribution is -0.202. The average molecular weight is 291 g/mol. The van der Waals surface area contributed by atoms with Gasteiger partial charge in [0.15, 0.2) is 5.41 Å². The van der Waals surface area contributed by atoms with Crippen LogP contribution in [0.1, 0.15) is 25.3 Å². The van der Waals surface area contributed by atoms with Gasteiger partial charge in [-0.3, -0.25) is 9.59 Å². The van der Waals surface area contributed by atoms with Gasteiger partial charge in [-0.1, -0.05) is 30.3 Å². The highest BCUT2D eigenvalue weighted by atomic mass is 19.1. The molecule has 3 aliphatic rings. The minimum Gasteiger partial charge on any atom is -0.465 e. The largest absolute Gasteiger partial charge is 0.465 e. The molecule has 0 N–H and O–H groups in total. The summed E-state index contributed by atoms with van der Waals surface area (Å²) in [7, 11) is 0. The lowest BCUT2D eigenvalue weighted by Gasteiger charge is -2.56. The highest BCUT2D eigenvalue weighted by Crippen LogP contribution is 2.57. The van der Waals surface area contributed by atoms with Crippen LogP contribution in [0.15, 0.2) is 30.3 Å².